The van der Waals surface area contributed by atoms with E-state index in [1.165, 1.54) is 7.11 Å². The fraction of sp³-hybridized carbons (Fsp3) is 0.250. The Labute approximate surface area is 146 Å². The second kappa shape index (κ2) is 6.16. The first-order chi connectivity index (χ1) is 12.2. The number of benzene rings is 2. The molecule has 0 radical (unpaired) electrons. The molecule has 0 unspecified atom stereocenters. The molecule has 1 aliphatic carbocycles. The van der Waals surface area contributed by atoms with E-state index in [-0.39, 0.29) is 17.6 Å². The first-order valence-corrected chi connectivity index (χ1v) is 8.43. The molecule has 0 spiro atoms. The maximum atomic E-state index is 12.7. The molecule has 25 heavy (non-hydrogen) atoms. The van der Waals surface area contributed by atoms with Gasteiger partial charge in [-0.15, -0.1) is 0 Å². The summed E-state index contributed by atoms with van der Waals surface area (Å²) in [5, 5.41) is 16.8. The summed E-state index contributed by atoms with van der Waals surface area (Å²) >= 11 is 0. The number of aromatic hydroxyl groups is 1. The first kappa shape index (κ1) is 15.6. The maximum absolute atomic E-state index is 12.7. The lowest BCUT2D eigenvalue weighted by atomic mass is 9.86. The molecule has 0 saturated carbocycles. The molecule has 0 bridgehead atoms. The number of phenolic OH excluding ortho intramolecular Hbond substituents is 1. The fourth-order valence-electron chi connectivity index (χ4n) is 3.56. The summed E-state index contributed by atoms with van der Waals surface area (Å²) in [6.07, 6.45) is 2.27. The Morgan fingerprint density at radius 1 is 1.12 bits per heavy atom. The van der Waals surface area contributed by atoms with E-state index < -0.39 is 0 Å². The molecule has 128 valence electrons. The molecule has 5 heteroatoms. The first-order valence-electron chi connectivity index (χ1n) is 8.43. The minimum Gasteiger partial charge on any atom is -0.504 e. The zero-order chi connectivity index (χ0) is 17.4. The van der Waals surface area contributed by atoms with Crippen LogP contribution in [0.15, 0.2) is 53.7 Å². The molecular formula is C20H20N2O3. The number of hydrogen-bond acceptors (Lipinski definition) is 5. The molecule has 0 fully saturated rings. The topological polar surface area (TPSA) is 70.6 Å². The molecule has 2 aliphatic rings. The molecule has 1 aliphatic heterocycles. The van der Waals surface area contributed by atoms with Gasteiger partial charge in [0.15, 0.2) is 17.3 Å². The van der Waals surface area contributed by atoms with Crippen LogP contribution in [0.2, 0.25) is 0 Å². The minimum atomic E-state index is -0.284. The summed E-state index contributed by atoms with van der Waals surface area (Å²) in [4.78, 5) is 12.7. The van der Waals surface area contributed by atoms with Crippen LogP contribution in [-0.2, 0) is 4.79 Å². The molecular weight excluding hydrogens is 316 g/mol. The molecule has 0 saturated heterocycles. The van der Waals surface area contributed by atoms with E-state index >= 15 is 0 Å². The molecule has 1 atom stereocenters. The third-order valence-electron chi connectivity index (χ3n) is 4.79. The number of methoxy groups -OCH3 is 1. The van der Waals surface area contributed by atoms with Crippen molar-refractivity contribution in [2.75, 3.05) is 17.7 Å². The Morgan fingerprint density at radius 3 is 2.72 bits per heavy atom. The molecule has 2 aromatic rings. The summed E-state index contributed by atoms with van der Waals surface area (Å²) < 4.78 is 5.25. The zero-order valence-electron chi connectivity index (χ0n) is 14.0. The molecule has 0 aromatic heterocycles. The second-order valence-corrected chi connectivity index (χ2v) is 6.35. The summed E-state index contributed by atoms with van der Waals surface area (Å²) in [5.41, 5.74) is 4.55. The summed E-state index contributed by atoms with van der Waals surface area (Å²) in [7, 11) is 1.52. The van der Waals surface area contributed by atoms with Crippen molar-refractivity contribution < 1.29 is 14.6 Å². The van der Waals surface area contributed by atoms with E-state index in [9.17, 15) is 9.90 Å². The quantitative estimate of drug-likeness (QED) is 0.774. The van der Waals surface area contributed by atoms with Gasteiger partial charge in [0.1, 0.15) is 0 Å². The Kier molecular flexibility index (Phi) is 3.84. The van der Waals surface area contributed by atoms with Gasteiger partial charge in [0.05, 0.1) is 24.5 Å². The van der Waals surface area contributed by atoms with Crippen molar-refractivity contribution in [1.29, 1.82) is 0 Å². The van der Waals surface area contributed by atoms with Crippen LogP contribution < -0.4 is 15.4 Å². The lowest BCUT2D eigenvalue weighted by Gasteiger charge is -2.25. The number of ketones is 1. The Balaban J connectivity index is 1.87. The van der Waals surface area contributed by atoms with Gasteiger partial charge in [-0.2, -0.15) is 0 Å². The molecule has 0 amide bonds. The number of anilines is 2. The van der Waals surface area contributed by atoms with Crippen molar-refractivity contribution in [2.45, 2.75) is 25.3 Å². The number of fused-ring (bicyclic) bond motifs is 1. The van der Waals surface area contributed by atoms with Crippen molar-refractivity contribution in [3.8, 4) is 11.5 Å². The average Bonchev–Trinajstić information content (AvgIpc) is 2.79. The number of allylic oxidation sites excluding steroid dienone is 1. The normalized spacial score (nSPS) is 19.2. The predicted molar refractivity (Wildman–Crippen MR) is 97.0 cm³/mol. The molecule has 5 nitrogen and oxygen atoms in total. The van der Waals surface area contributed by atoms with Crippen LogP contribution in [-0.4, -0.2) is 18.0 Å². The number of para-hydroxylation sites is 2. The largest absolute Gasteiger partial charge is 0.504 e. The van der Waals surface area contributed by atoms with E-state index in [0.717, 1.165) is 41.1 Å². The van der Waals surface area contributed by atoms with Gasteiger partial charge in [-0.05, 0) is 42.7 Å². The highest BCUT2D eigenvalue weighted by atomic mass is 16.5. The van der Waals surface area contributed by atoms with Gasteiger partial charge in [-0.1, -0.05) is 18.2 Å². The Hall–Kier alpha value is -2.95. The summed E-state index contributed by atoms with van der Waals surface area (Å²) in [6, 6.07) is 12.9. The van der Waals surface area contributed by atoms with Gasteiger partial charge in [0.25, 0.3) is 0 Å². The van der Waals surface area contributed by atoms with Gasteiger partial charge in [-0.3, -0.25) is 4.79 Å². The van der Waals surface area contributed by atoms with E-state index in [4.69, 9.17) is 4.74 Å². The number of rotatable bonds is 2. The van der Waals surface area contributed by atoms with Gasteiger partial charge in [0, 0.05) is 17.7 Å². The number of nitrogens with one attached hydrogen (secondary N) is 2. The van der Waals surface area contributed by atoms with Crippen LogP contribution in [0.4, 0.5) is 11.4 Å². The van der Waals surface area contributed by atoms with Crippen molar-refractivity contribution in [1.82, 2.24) is 0 Å². The highest BCUT2D eigenvalue weighted by Gasteiger charge is 2.32. The second-order valence-electron chi connectivity index (χ2n) is 6.35. The van der Waals surface area contributed by atoms with Crippen molar-refractivity contribution in [3.63, 3.8) is 0 Å². The Morgan fingerprint density at radius 2 is 1.92 bits per heavy atom. The van der Waals surface area contributed by atoms with Crippen molar-refractivity contribution in [3.05, 3.63) is 59.3 Å². The molecule has 4 rings (SSSR count). The van der Waals surface area contributed by atoms with E-state index in [1.54, 1.807) is 12.1 Å². The van der Waals surface area contributed by atoms with Gasteiger partial charge < -0.3 is 20.5 Å². The number of phenols is 1. The minimum absolute atomic E-state index is 0.0857. The van der Waals surface area contributed by atoms with Gasteiger partial charge >= 0.3 is 0 Å². The molecule has 1 heterocycles. The monoisotopic (exact) mass is 336 g/mol. The standard InChI is InChI=1S/C20H20N2O3/c1-25-18-11-12(9-10-16(18)23)20-19-15(7-4-8-17(19)24)21-13-5-2-3-6-14(13)22-20/h2-3,5-6,9-11,20-23H,4,7-8H2,1H3/t20-/m1/s1. The van der Waals surface area contributed by atoms with Crippen molar-refractivity contribution in [2.24, 2.45) is 0 Å². The SMILES string of the molecule is COc1cc([C@H]2Nc3ccccc3NC3=C2C(=O)CCC3)ccc1O. The van der Waals surface area contributed by atoms with Crippen LogP contribution in [0.3, 0.4) is 0 Å². The lowest BCUT2D eigenvalue weighted by molar-refractivity contribution is -0.116. The fourth-order valence-corrected chi connectivity index (χ4v) is 3.56. The van der Waals surface area contributed by atoms with Gasteiger partial charge in [0.2, 0.25) is 0 Å². The highest BCUT2D eigenvalue weighted by Crippen LogP contribution is 2.41. The van der Waals surface area contributed by atoms with Crippen LogP contribution in [0.5, 0.6) is 11.5 Å². The maximum Gasteiger partial charge on any atom is 0.163 e. The number of carbonyl (C=O) groups is 1. The van der Waals surface area contributed by atoms with Crippen LogP contribution in [0, 0.1) is 0 Å². The number of Topliss-reactive ketones (excluding diaryl/α,β-unsaturated/α-hetero) is 1. The molecule has 3 N–H and O–H groups in total. The van der Waals surface area contributed by atoms with E-state index in [1.807, 2.05) is 30.3 Å². The lowest BCUT2D eigenvalue weighted by Crippen LogP contribution is -2.23. The summed E-state index contributed by atoms with van der Waals surface area (Å²) in [5.74, 6) is 0.642. The number of carbonyl (C=O) groups excluding carboxylic acids is 1. The number of hydrogen-bond donors (Lipinski definition) is 3. The smallest absolute Gasteiger partial charge is 0.163 e. The third kappa shape index (κ3) is 2.71. The third-order valence-corrected chi connectivity index (χ3v) is 4.79. The van der Waals surface area contributed by atoms with Crippen molar-refractivity contribution >= 4 is 17.2 Å². The predicted octanol–water partition coefficient (Wildman–Crippen LogP) is 3.99. The van der Waals surface area contributed by atoms with Crippen LogP contribution in [0.25, 0.3) is 0 Å². The van der Waals surface area contributed by atoms with Gasteiger partial charge in [-0.25, -0.2) is 0 Å². The van der Waals surface area contributed by atoms with Crippen LogP contribution in [0.1, 0.15) is 30.9 Å². The summed E-state index contributed by atoms with van der Waals surface area (Å²) in [6.45, 7) is 0. The average molecular weight is 336 g/mol. The number of ether oxygens (including phenoxy) is 1. The van der Waals surface area contributed by atoms with E-state index in [0.29, 0.717) is 12.2 Å². The molecule has 2 aromatic carbocycles. The van der Waals surface area contributed by atoms with E-state index in [2.05, 4.69) is 10.6 Å². The van der Waals surface area contributed by atoms with Crippen LogP contribution >= 0.6 is 0 Å². The zero-order valence-corrected chi connectivity index (χ0v) is 14.0. The Bertz CT molecular complexity index is 873. The highest BCUT2D eigenvalue weighted by molar-refractivity contribution is 6.00.